The number of nitrogens with zero attached hydrogens (tertiary/aromatic N) is 2. The smallest absolute Gasteiger partial charge is 0.125 e. The van der Waals surface area contributed by atoms with Gasteiger partial charge < -0.3 is 5.11 Å². The van der Waals surface area contributed by atoms with Gasteiger partial charge in [0.2, 0.25) is 0 Å². The molecule has 2 aromatic rings. The fourth-order valence-corrected chi connectivity index (χ4v) is 2.06. The average molecular weight is 319 g/mol. The van der Waals surface area contributed by atoms with Crippen LogP contribution in [-0.4, -0.2) is 14.9 Å². The number of aromatic hydroxyl groups is 1. The van der Waals surface area contributed by atoms with E-state index in [-0.39, 0.29) is 5.75 Å². The summed E-state index contributed by atoms with van der Waals surface area (Å²) in [6.45, 7) is 4.08. The lowest BCUT2D eigenvalue weighted by Gasteiger charge is -2.02. The van der Waals surface area contributed by atoms with Crippen LogP contribution in [0.15, 0.2) is 28.9 Å². The van der Waals surface area contributed by atoms with Gasteiger partial charge in [0.15, 0.2) is 0 Å². The van der Waals surface area contributed by atoms with E-state index >= 15 is 0 Å². The second-order valence-electron chi connectivity index (χ2n) is 4.65. The Morgan fingerprint density at radius 3 is 2.79 bits per heavy atom. The third-order valence-corrected chi connectivity index (χ3v) is 3.03. The van der Waals surface area contributed by atoms with Crippen molar-refractivity contribution in [1.29, 1.82) is 0 Å². The van der Waals surface area contributed by atoms with Crippen LogP contribution in [0.2, 0.25) is 0 Å². The van der Waals surface area contributed by atoms with E-state index < -0.39 is 0 Å². The normalized spacial score (nSPS) is 10.4. The van der Waals surface area contributed by atoms with Crippen LogP contribution in [0.5, 0.6) is 5.75 Å². The highest BCUT2D eigenvalue weighted by molar-refractivity contribution is 9.10. The second-order valence-corrected chi connectivity index (χ2v) is 5.57. The van der Waals surface area contributed by atoms with Crippen LogP contribution in [0.1, 0.15) is 19.4 Å². The summed E-state index contributed by atoms with van der Waals surface area (Å²) in [4.78, 5) is 0. The van der Waals surface area contributed by atoms with Crippen molar-refractivity contribution in [1.82, 2.24) is 9.78 Å². The number of aryl methyl sites for hydroxylation is 1. The summed E-state index contributed by atoms with van der Waals surface area (Å²) < 4.78 is 2.61. The standard InChI is InChI=1S/C15H15BrN2O/c1-10(2)4-5-11-9-18(3)17-15(11)13-8-12(16)6-7-14(13)19/h6-10,19H,1-3H3. The first kappa shape index (κ1) is 13.7. The van der Waals surface area contributed by atoms with Crippen molar-refractivity contribution in [2.45, 2.75) is 13.8 Å². The molecule has 0 fully saturated rings. The van der Waals surface area contributed by atoms with Gasteiger partial charge in [0, 0.05) is 29.2 Å². The average Bonchev–Trinajstić information content (AvgIpc) is 2.71. The molecule has 98 valence electrons. The molecule has 2 rings (SSSR count). The fourth-order valence-electron chi connectivity index (χ4n) is 1.70. The Morgan fingerprint density at radius 2 is 2.11 bits per heavy atom. The molecule has 19 heavy (non-hydrogen) atoms. The number of aromatic nitrogens is 2. The van der Waals surface area contributed by atoms with E-state index in [1.54, 1.807) is 16.8 Å². The summed E-state index contributed by atoms with van der Waals surface area (Å²) in [6.07, 6.45) is 1.87. The molecule has 1 N–H and O–H groups in total. The minimum atomic E-state index is 0.203. The van der Waals surface area contributed by atoms with Crippen molar-refractivity contribution in [2.75, 3.05) is 0 Å². The maximum absolute atomic E-state index is 9.98. The molecule has 0 aliphatic carbocycles. The van der Waals surface area contributed by atoms with Gasteiger partial charge in [-0.1, -0.05) is 41.6 Å². The lowest BCUT2D eigenvalue weighted by atomic mass is 10.1. The van der Waals surface area contributed by atoms with Gasteiger partial charge in [-0.3, -0.25) is 4.68 Å². The molecule has 0 radical (unpaired) electrons. The quantitative estimate of drug-likeness (QED) is 0.816. The van der Waals surface area contributed by atoms with Crippen LogP contribution < -0.4 is 0 Å². The van der Waals surface area contributed by atoms with Gasteiger partial charge in [0.25, 0.3) is 0 Å². The molecule has 0 spiro atoms. The molecule has 0 amide bonds. The predicted octanol–water partition coefficient (Wildman–Crippen LogP) is 3.56. The molecule has 1 heterocycles. The molecular formula is C15H15BrN2O. The zero-order valence-electron chi connectivity index (χ0n) is 11.1. The maximum Gasteiger partial charge on any atom is 0.125 e. The van der Waals surface area contributed by atoms with Crippen molar-refractivity contribution in [3.63, 3.8) is 0 Å². The Labute approximate surface area is 121 Å². The van der Waals surface area contributed by atoms with Gasteiger partial charge in [-0.2, -0.15) is 5.10 Å². The number of halogens is 1. The minimum absolute atomic E-state index is 0.203. The minimum Gasteiger partial charge on any atom is -0.507 e. The van der Waals surface area contributed by atoms with Crippen molar-refractivity contribution < 1.29 is 5.11 Å². The van der Waals surface area contributed by atoms with Gasteiger partial charge in [-0.05, 0) is 18.2 Å². The van der Waals surface area contributed by atoms with Gasteiger partial charge >= 0.3 is 0 Å². The number of hydrogen-bond acceptors (Lipinski definition) is 2. The Morgan fingerprint density at radius 1 is 1.37 bits per heavy atom. The van der Waals surface area contributed by atoms with E-state index in [0.717, 1.165) is 10.0 Å². The predicted molar refractivity (Wildman–Crippen MR) is 79.7 cm³/mol. The summed E-state index contributed by atoms with van der Waals surface area (Å²) >= 11 is 3.41. The van der Waals surface area contributed by atoms with Gasteiger partial charge in [-0.25, -0.2) is 0 Å². The van der Waals surface area contributed by atoms with E-state index in [2.05, 4.69) is 32.9 Å². The molecule has 0 aliphatic heterocycles. The van der Waals surface area contributed by atoms with E-state index in [1.807, 2.05) is 33.2 Å². The highest BCUT2D eigenvalue weighted by atomic mass is 79.9. The SMILES string of the molecule is CC(C)C#Cc1cn(C)nc1-c1cc(Br)ccc1O. The Hall–Kier alpha value is -1.73. The van der Waals surface area contributed by atoms with Gasteiger partial charge in [-0.15, -0.1) is 0 Å². The Bertz CT molecular complexity index is 663. The number of hydrogen-bond donors (Lipinski definition) is 1. The molecule has 1 aromatic carbocycles. The number of rotatable bonds is 1. The largest absolute Gasteiger partial charge is 0.507 e. The van der Waals surface area contributed by atoms with Gasteiger partial charge in [0.1, 0.15) is 11.4 Å². The number of phenolic OH excluding ortho intramolecular Hbond substituents is 1. The molecular weight excluding hydrogens is 304 g/mol. The zero-order valence-corrected chi connectivity index (χ0v) is 12.7. The second kappa shape index (κ2) is 5.50. The lowest BCUT2D eigenvalue weighted by molar-refractivity contribution is 0.477. The van der Waals surface area contributed by atoms with Crippen LogP contribution in [0.3, 0.4) is 0 Å². The molecule has 0 bridgehead atoms. The highest BCUT2D eigenvalue weighted by Crippen LogP contribution is 2.32. The summed E-state index contributed by atoms with van der Waals surface area (Å²) in [6, 6.07) is 5.28. The first-order valence-electron chi connectivity index (χ1n) is 6.01. The van der Waals surface area contributed by atoms with Crippen LogP contribution in [0.4, 0.5) is 0 Å². The van der Waals surface area contributed by atoms with Crippen LogP contribution in [-0.2, 0) is 7.05 Å². The van der Waals surface area contributed by atoms with Gasteiger partial charge in [0.05, 0.1) is 5.56 Å². The molecule has 0 saturated carbocycles. The fraction of sp³-hybridized carbons (Fsp3) is 0.267. The molecule has 0 saturated heterocycles. The Balaban J connectivity index is 2.57. The summed E-state index contributed by atoms with van der Waals surface area (Å²) in [5.74, 6) is 6.74. The molecule has 1 aromatic heterocycles. The molecule has 4 heteroatoms. The number of phenols is 1. The van der Waals surface area contributed by atoms with Crippen molar-refractivity contribution >= 4 is 15.9 Å². The summed E-state index contributed by atoms with van der Waals surface area (Å²) in [7, 11) is 1.85. The van der Waals surface area contributed by atoms with E-state index in [1.165, 1.54) is 0 Å². The van der Waals surface area contributed by atoms with Crippen LogP contribution in [0.25, 0.3) is 11.3 Å². The highest BCUT2D eigenvalue weighted by Gasteiger charge is 2.13. The first-order valence-corrected chi connectivity index (χ1v) is 6.80. The molecule has 0 unspecified atom stereocenters. The van der Waals surface area contributed by atoms with E-state index in [4.69, 9.17) is 0 Å². The third-order valence-electron chi connectivity index (χ3n) is 2.54. The first-order chi connectivity index (χ1) is 8.97. The lowest BCUT2D eigenvalue weighted by Crippen LogP contribution is -1.88. The van der Waals surface area contributed by atoms with Crippen molar-refractivity contribution in [2.24, 2.45) is 13.0 Å². The summed E-state index contributed by atoms with van der Waals surface area (Å²) in [5, 5.41) is 14.4. The Kier molecular flexibility index (Phi) is 3.96. The topological polar surface area (TPSA) is 38.0 Å². The molecule has 0 aliphatic rings. The monoisotopic (exact) mass is 318 g/mol. The maximum atomic E-state index is 9.98. The van der Waals surface area contributed by atoms with Crippen LogP contribution in [0, 0.1) is 17.8 Å². The summed E-state index contributed by atoms with van der Waals surface area (Å²) in [5.41, 5.74) is 2.21. The zero-order chi connectivity index (χ0) is 14.0. The van der Waals surface area contributed by atoms with E-state index in [0.29, 0.717) is 17.2 Å². The van der Waals surface area contributed by atoms with Crippen LogP contribution >= 0.6 is 15.9 Å². The van der Waals surface area contributed by atoms with Crippen molar-refractivity contribution in [3.8, 4) is 28.8 Å². The number of benzene rings is 1. The molecule has 3 nitrogen and oxygen atoms in total. The molecule has 0 atom stereocenters. The van der Waals surface area contributed by atoms with E-state index in [9.17, 15) is 5.11 Å². The van der Waals surface area contributed by atoms with Crippen molar-refractivity contribution in [3.05, 3.63) is 34.4 Å². The third kappa shape index (κ3) is 3.18.